The lowest BCUT2D eigenvalue weighted by atomic mass is 10.0. The van der Waals surface area contributed by atoms with Gasteiger partial charge in [0.2, 0.25) is 0 Å². The van der Waals surface area contributed by atoms with Gasteiger partial charge in [0.15, 0.2) is 5.82 Å². The van der Waals surface area contributed by atoms with E-state index in [4.69, 9.17) is 10.5 Å². The third kappa shape index (κ3) is 5.64. The van der Waals surface area contributed by atoms with Crippen LogP contribution < -0.4 is 16.4 Å². The average Bonchev–Trinajstić information content (AvgIpc) is 3.26. The number of halogens is 4. The number of nitrogen functional groups attached to an aromatic ring is 1. The molecule has 0 aliphatic carbocycles. The summed E-state index contributed by atoms with van der Waals surface area (Å²) < 4.78 is 60.2. The molecule has 1 saturated heterocycles. The SMILES string of the molecule is Cc1cc(-c2cc(CN3CCOCC3)n3ncnc(N)c23)ccc1NC(=O)Nc1cc(C(F)(F)F)ccc1F. The maximum Gasteiger partial charge on any atom is 0.416 e. The number of benzene rings is 2. The Morgan fingerprint density at radius 1 is 1.08 bits per heavy atom. The van der Waals surface area contributed by atoms with Crippen LogP contribution in [0.1, 0.15) is 16.8 Å². The number of ether oxygens (including phenoxy) is 1. The zero-order chi connectivity index (χ0) is 27.7. The van der Waals surface area contributed by atoms with Crippen LogP contribution in [0.4, 0.5) is 39.5 Å². The van der Waals surface area contributed by atoms with Gasteiger partial charge in [-0.05, 0) is 54.4 Å². The first kappa shape index (κ1) is 26.4. The number of nitrogens with one attached hydrogen (secondary N) is 2. The summed E-state index contributed by atoms with van der Waals surface area (Å²) in [6.07, 6.45) is -3.27. The molecule has 3 heterocycles. The Balaban J connectivity index is 1.38. The molecule has 13 heteroatoms. The molecule has 4 N–H and O–H groups in total. The molecule has 0 bridgehead atoms. The minimum atomic E-state index is -4.67. The molecule has 0 radical (unpaired) electrons. The lowest BCUT2D eigenvalue weighted by Crippen LogP contribution is -2.36. The fraction of sp³-hybridized carbons (Fsp3) is 0.269. The Hall–Kier alpha value is -4.23. The Morgan fingerprint density at radius 2 is 1.82 bits per heavy atom. The summed E-state index contributed by atoms with van der Waals surface area (Å²) in [6.45, 7) is 5.33. The molecule has 0 atom stereocenters. The van der Waals surface area contributed by atoms with Crippen LogP contribution in [0.5, 0.6) is 0 Å². The average molecular weight is 544 g/mol. The fourth-order valence-corrected chi connectivity index (χ4v) is 4.50. The van der Waals surface area contributed by atoms with Gasteiger partial charge in [0.25, 0.3) is 0 Å². The molecule has 1 aliphatic heterocycles. The first-order valence-electron chi connectivity index (χ1n) is 12.1. The van der Waals surface area contributed by atoms with E-state index in [9.17, 15) is 22.4 Å². The van der Waals surface area contributed by atoms with Gasteiger partial charge in [0, 0.05) is 30.9 Å². The molecule has 204 valence electrons. The molecule has 4 aromatic rings. The molecule has 2 aromatic heterocycles. The van der Waals surface area contributed by atoms with Crippen molar-refractivity contribution in [2.75, 3.05) is 42.7 Å². The monoisotopic (exact) mass is 543 g/mol. The van der Waals surface area contributed by atoms with Gasteiger partial charge in [-0.15, -0.1) is 0 Å². The van der Waals surface area contributed by atoms with Gasteiger partial charge in [-0.3, -0.25) is 4.90 Å². The van der Waals surface area contributed by atoms with E-state index in [1.54, 1.807) is 23.6 Å². The molecule has 2 aromatic carbocycles. The quantitative estimate of drug-likeness (QED) is 0.308. The molecule has 0 saturated carbocycles. The second-order valence-corrected chi connectivity index (χ2v) is 9.14. The second-order valence-electron chi connectivity index (χ2n) is 9.14. The van der Waals surface area contributed by atoms with Gasteiger partial charge in [-0.1, -0.05) is 6.07 Å². The smallest absolute Gasteiger partial charge is 0.382 e. The number of anilines is 3. The molecule has 9 nitrogen and oxygen atoms in total. The number of amides is 2. The van der Waals surface area contributed by atoms with Crippen LogP contribution >= 0.6 is 0 Å². The number of aromatic nitrogens is 3. The molecular weight excluding hydrogens is 518 g/mol. The summed E-state index contributed by atoms with van der Waals surface area (Å²) in [6, 6.07) is 8.18. The summed E-state index contributed by atoms with van der Waals surface area (Å²) in [5, 5.41) is 9.11. The van der Waals surface area contributed by atoms with Crippen molar-refractivity contribution < 1.29 is 27.1 Å². The summed E-state index contributed by atoms with van der Waals surface area (Å²) in [7, 11) is 0. The van der Waals surface area contributed by atoms with Crippen molar-refractivity contribution in [2.24, 2.45) is 0 Å². The maximum absolute atomic E-state index is 14.0. The van der Waals surface area contributed by atoms with Crippen molar-refractivity contribution in [1.82, 2.24) is 19.5 Å². The number of aryl methyl sites for hydroxylation is 1. The number of morpholine rings is 1. The normalized spacial score (nSPS) is 14.5. The lowest BCUT2D eigenvalue weighted by molar-refractivity contribution is -0.137. The number of rotatable bonds is 5. The maximum atomic E-state index is 14.0. The van der Waals surface area contributed by atoms with E-state index in [1.165, 1.54) is 6.33 Å². The van der Waals surface area contributed by atoms with Crippen molar-refractivity contribution in [3.05, 3.63) is 71.4 Å². The lowest BCUT2D eigenvalue weighted by Gasteiger charge is -2.26. The topological polar surface area (TPSA) is 110 Å². The van der Waals surface area contributed by atoms with Crippen molar-refractivity contribution in [2.45, 2.75) is 19.6 Å². The number of hydrogen-bond donors (Lipinski definition) is 3. The standard InChI is InChI=1S/C26H25F4N7O2/c1-15-10-16(2-5-21(15)34-25(38)35-22-11-17(26(28,29)30)3-4-20(22)27)19-12-18(13-36-6-8-39-9-7-36)37-23(19)24(31)32-14-33-37/h2-5,10-12,14H,6-9,13H2,1H3,(H2,31,32,33)(H2,34,35,38). The largest absolute Gasteiger partial charge is 0.416 e. The Kier molecular flexibility index (Phi) is 7.10. The molecule has 5 rings (SSSR count). The Morgan fingerprint density at radius 3 is 2.54 bits per heavy atom. The van der Waals surface area contributed by atoms with Gasteiger partial charge in [0.05, 0.1) is 30.2 Å². The number of nitrogens with two attached hydrogens (primary N) is 1. The van der Waals surface area contributed by atoms with E-state index in [-0.39, 0.29) is 0 Å². The number of nitrogens with zero attached hydrogens (tertiary/aromatic N) is 4. The van der Waals surface area contributed by atoms with E-state index in [1.807, 2.05) is 12.1 Å². The van der Waals surface area contributed by atoms with Crippen molar-refractivity contribution in [1.29, 1.82) is 0 Å². The third-order valence-corrected chi connectivity index (χ3v) is 6.47. The minimum Gasteiger partial charge on any atom is -0.382 e. The van der Waals surface area contributed by atoms with Crippen molar-refractivity contribution >= 4 is 28.7 Å². The number of carbonyl (C=O) groups excluding carboxylic acids is 1. The first-order valence-corrected chi connectivity index (χ1v) is 12.1. The van der Waals surface area contributed by atoms with Crippen molar-refractivity contribution in [3.63, 3.8) is 0 Å². The van der Waals surface area contributed by atoms with Crippen LogP contribution in [0.3, 0.4) is 0 Å². The summed E-state index contributed by atoms with van der Waals surface area (Å²) in [4.78, 5) is 18.9. The highest BCUT2D eigenvalue weighted by Gasteiger charge is 2.31. The second kappa shape index (κ2) is 10.5. The van der Waals surface area contributed by atoms with Crippen LogP contribution in [-0.2, 0) is 17.5 Å². The molecule has 0 unspecified atom stereocenters. The number of alkyl halides is 3. The predicted molar refractivity (Wildman–Crippen MR) is 138 cm³/mol. The summed E-state index contributed by atoms with van der Waals surface area (Å²) >= 11 is 0. The zero-order valence-electron chi connectivity index (χ0n) is 20.8. The van der Waals surface area contributed by atoms with Crippen LogP contribution in [0.2, 0.25) is 0 Å². The van der Waals surface area contributed by atoms with Crippen LogP contribution in [-0.4, -0.2) is 51.8 Å². The predicted octanol–water partition coefficient (Wildman–Crippen LogP) is 4.92. The highest BCUT2D eigenvalue weighted by Crippen LogP contribution is 2.34. The number of fused-ring (bicyclic) bond motifs is 1. The van der Waals surface area contributed by atoms with Gasteiger partial charge in [-0.2, -0.15) is 18.3 Å². The van der Waals surface area contributed by atoms with Crippen LogP contribution in [0.25, 0.3) is 16.6 Å². The zero-order valence-corrected chi connectivity index (χ0v) is 20.8. The summed E-state index contributed by atoms with van der Waals surface area (Å²) in [5.41, 5.74) is 8.81. The van der Waals surface area contributed by atoms with Gasteiger partial charge in [0.1, 0.15) is 17.7 Å². The third-order valence-electron chi connectivity index (χ3n) is 6.47. The fourth-order valence-electron chi connectivity index (χ4n) is 4.50. The molecule has 0 spiro atoms. The van der Waals surface area contributed by atoms with Crippen LogP contribution in [0, 0.1) is 12.7 Å². The molecule has 1 aliphatic rings. The number of hydrogen-bond acceptors (Lipinski definition) is 6. The van der Waals surface area contributed by atoms with E-state index in [2.05, 4.69) is 25.6 Å². The Labute approximate surface area is 220 Å². The van der Waals surface area contributed by atoms with Gasteiger partial charge in [-0.25, -0.2) is 18.7 Å². The Bertz CT molecular complexity index is 1530. The van der Waals surface area contributed by atoms with E-state index in [0.717, 1.165) is 29.9 Å². The molecule has 2 amide bonds. The molecule has 1 fully saturated rings. The molecular formula is C26H25F4N7O2. The first-order chi connectivity index (χ1) is 18.6. The highest BCUT2D eigenvalue weighted by molar-refractivity contribution is 6.00. The van der Waals surface area contributed by atoms with Crippen LogP contribution in [0.15, 0.2) is 48.8 Å². The summed E-state index contributed by atoms with van der Waals surface area (Å²) in [5.74, 6) is -0.672. The van der Waals surface area contributed by atoms with Gasteiger partial charge >= 0.3 is 12.2 Å². The number of carbonyl (C=O) groups is 1. The van der Waals surface area contributed by atoms with Crippen molar-refractivity contribution in [3.8, 4) is 11.1 Å². The minimum absolute atomic E-state index is 0.315. The van der Waals surface area contributed by atoms with E-state index >= 15 is 0 Å². The van der Waals surface area contributed by atoms with E-state index in [0.29, 0.717) is 60.5 Å². The highest BCUT2D eigenvalue weighted by atomic mass is 19.4. The van der Waals surface area contributed by atoms with E-state index < -0.39 is 29.3 Å². The molecule has 39 heavy (non-hydrogen) atoms. The number of urea groups is 1. The van der Waals surface area contributed by atoms with Gasteiger partial charge < -0.3 is 21.1 Å².